The Bertz CT molecular complexity index is 762. The van der Waals surface area contributed by atoms with Crippen molar-refractivity contribution in [3.8, 4) is 0 Å². The third-order valence-corrected chi connectivity index (χ3v) is 3.71. The van der Waals surface area contributed by atoms with Crippen molar-refractivity contribution >= 4 is 28.2 Å². The first kappa shape index (κ1) is 12.7. The monoisotopic (exact) mass is 290 g/mol. The SMILES string of the molecule is Cc1csc2nc(NC(=O)Cc3ccc(F)cc3)nn12. The zero-order chi connectivity index (χ0) is 14.1. The number of fused-ring (bicyclic) bond motifs is 1. The summed E-state index contributed by atoms with van der Waals surface area (Å²) in [5, 5.41) is 8.77. The predicted octanol–water partition coefficient (Wildman–Crippen LogP) is 2.42. The van der Waals surface area contributed by atoms with Crippen molar-refractivity contribution < 1.29 is 9.18 Å². The van der Waals surface area contributed by atoms with E-state index < -0.39 is 0 Å². The lowest BCUT2D eigenvalue weighted by Gasteiger charge is -2.01. The Hall–Kier alpha value is -2.28. The Morgan fingerprint density at radius 2 is 2.15 bits per heavy atom. The van der Waals surface area contributed by atoms with Gasteiger partial charge in [0.05, 0.1) is 12.1 Å². The fourth-order valence-electron chi connectivity index (χ4n) is 1.80. The molecule has 0 saturated carbocycles. The smallest absolute Gasteiger partial charge is 0.250 e. The van der Waals surface area contributed by atoms with Gasteiger partial charge in [0, 0.05) is 5.38 Å². The molecule has 0 fully saturated rings. The number of carbonyl (C=O) groups is 1. The third kappa shape index (κ3) is 2.53. The Balaban J connectivity index is 1.70. The number of aryl methyl sites for hydroxylation is 1. The first-order valence-electron chi connectivity index (χ1n) is 5.97. The number of thiazole rings is 1. The highest BCUT2D eigenvalue weighted by Gasteiger charge is 2.10. The minimum atomic E-state index is -0.319. The lowest BCUT2D eigenvalue weighted by Crippen LogP contribution is -2.15. The molecule has 0 bridgehead atoms. The molecular weight excluding hydrogens is 279 g/mol. The van der Waals surface area contributed by atoms with Crippen molar-refractivity contribution in [2.24, 2.45) is 0 Å². The highest BCUT2D eigenvalue weighted by atomic mass is 32.1. The summed E-state index contributed by atoms with van der Waals surface area (Å²) >= 11 is 1.46. The standard InChI is InChI=1S/C13H11FN4OS/c1-8-7-20-13-16-12(17-18(8)13)15-11(19)6-9-2-4-10(14)5-3-9/h2-5,7H,6H2,1H3,(H,15,17,19). The minimum Gasteiger partial charge on any atom is -0.293 e. The van der Waals surface area contributed by atoms with Crippen LogP contribution in [0, 0.1) is 12.7 Å². The molecule has 0 radical (unpaired) electrons. The summed E-state index contributed by atoms with van der Waals surface area (Å²) in [6.07, 6.45) is 0.159. The van der Waals surface area contributed by atoms with E-state index in [1.165, 1.54) is 23.5 Å². The van der Waals surface area contributed by atoms with Crippen molar-refractivity contribution in [1.29, 1.82) is 0 Å². The van der Waals surface area contributed by atoms with Crippen LogP contribution in [0.1, 0.15) is 11.3 Å². The van der Waals surface area contributed by atoms with E-state index in [0.29, 0.717) is 0 Å². The Morgan fingerprint density at radius 1 is 1.40 bits per heavy atom. The van der Waals surface area contributed by atoms with E-state index in [2.05, 4.69) is 15.4 Å². The van der Waals surface area contributed by atoms with Gasteiger partial charge in [0.2, 0.25) is 16.8 Å². The molecule has 20 heavy (non-hydrogen) atoms. The summed E-state index contributed by atoms with van der Waals surface area (Å²) in [6.45, 7) is 1.92. The predicted molar refractivity (Wildman–Crippen MR) is 74.3 cm³/mol. The van der Waals surface area contributed by atoms with Crippen LogP contribution in [0.2, 0.25) is 0 Å². The summed E-state index contributed by atoms with van der Waals surface area (Å²) < 4.78 is 14.4. The summed E-state index contributed by atoms with van der Waals surface area (Å²) in [7, 11) is 0. The Morgan fingerprint density at radius 3 is 2.85 bits per heavy atom. The van der Waals surface area contributed by atoms with Crippen LogP contribution >= 0.6 is 11.3 Å². The van der Waals surface area contributed by atoms with E-state index >= 15 is 0 Å². The first-order valence-corrected chi connectivity index (χ1v) is 6.85. The lowest BCUT2D eigenvalue weighted by atomic mass is 10.1. The lowest BCUT2D eigenvalue weighted by molar-refractivity contribution is -0.115. The number of amides is 1. The number of hydrogen-bond donors (Lipinski definition) is 1. The van der Waals surface area contributed by atoms with Gasteiger partial charge in [-0.25, -0.2) is 8.91 Å². The molecule has 0 spiro atoms. The molecule has 1 amide bonds. The zero-order valence-electron chi connectivity index (χ0n) is 10.6. The normalized spacial score (nSPS) is 10.9. The number of carbonyl (C=O) groups excluding carboxylic acids is 1. The Kier molecular flexibility index (Phi) is 3.19. The number of hydrogen-bond acceptors (Lipinski definition) is 4. The second-order valence-corrected chi connectivity index (χ2v) is 5.19. The maximum absolute atomic E-state index is 12.8. The first-order chi connectivity index (χ1) is 9.61. The van der Waals surface area contributed by atoms with Crippen LogP contribution in [0.15, 0.2) is 29.6 Å². The number of nitrogens with one attached hydrogen (secondary N) is 1. The van der Waals surface area contributed by atoms with Gasteiger partial charge in [-0.2, -0.15) is 4.98 Å². The van der Waals surface area contributed by atoms with E-state index in [9.17, 15) is 9.18 Å². The second kappa shape index (κ2) is 5.01. The topological polar surface area (TPSA) is 59.3 Å². The molecule has 1 N–H and O–H groups in total. The molecule has 0 saturated heterocycles. The number of rotatable bonds is 3. The van der Waals surface area contributed by atoms with Crippen LogP contribution < -0.4 is 5.32 Å². The fourth-order valence-corrected chi connectivity index (χ4v) is 2.60. The molecule has 0 unspecified atom stereocenters. The van der Waals surface area contributed by atoms with E-state index in [4.69, 9.17) is 0 Å². The number of anilines is 1. The largest absolute Gasteiger partial charge is 0.293 e. The van der Waals surface area contributed by atoms with Gasteiger partial charge >= 0.3 is 0 Å². The van der Waals surface area contributed by atoms with Gasteiger partial charge < -0.3 is 0 Å². The molecule has 2 heterocycles. The van der Waals surface area contributed by atoms with Gasteiger partial charge in [0.25, 0.3) is 0 Å². The summed E-state index contributed by atoms with van der Waals surface area (Å²) in [6, 6.07) is 5.82. The van der Waals surface area contributed by atoms with Crippen molar-refractivity contribution in [2.45, 2.75) is 13.3 Å². The average molecular weight is 290 g/mol. The van der Waals surface area contributed by atoms with Crippen LogP contribution in [0.25, 0.3) is 4.96 Å². The van der Waals surface area contributed by atoms with Crippen molar-refractivity contribution in [3.05, 3.63) is 46.7 Å². The molecule has 7 heteroatoms. The van der Waals surface area contributed by atoms with Crippen molar-refractivity contribution in [2.75, 3.05) is 5.32 Å². The van der Waals surface area contributed by atoms with Gasteiger partial charge in [0.15, 0.2) is 0 Å². The van der Waals surface area contributed by atoms with Gasteiger partial charge in [-0.05, 0) is 24.6 Å². The van der Waals surface area contributed by atoms with Crippen molar-refractivity contribution in [1.82, 2.24) is 14.6 Å². The van der Waals surface area contributed by atoms with Crippen LogP contribution in [0.4, 0.5) is 10.3 Å². The van der Waals surface area contributed by atoms with Gasteiger partial charge in [-0.15, -0.1) is 16.4 Å². The van der Waals surface area contributed by atoms with Gasteiger partial charge in [-0.1, -0.05) is 12.1 Å². The van der Waals surface area contributed by atoms with E-state index in [1.54, 1.807) is 16.6 Å². The quantitative estimate of drug-likeness (QED) is 0.806. The second-order valence-electron chi connectivity index (χ2n) is 4.36. The molecule has 102 valence electrons. The third-order valence-electron chi connectivity index (χ3n) is 2.78. The molecular formula is C13H11FN4OS. The summed E-state index contributed by atoms with van der Waals surface area (Å²) in [5.74, 6) is -0.264. The minimum absolute atomic E-state index is 0.159. The number of nitrogens with zero attached hydrogens (tertiary/aromatic N) is 3. The summed E-state index contributed by atoms with van der Waals surface area (Å²) in [5.41, 5.74) is 1.71. The molecule has 0 aliphatic rings. The molecule has 5 nitrogen and oxygen atoms in total. The van der Waals surface area contributed by atoms with Crippen LogP contribution in [-0.4, -0.2) is 20.5 Å². The van der Waals surface area contributed by atoms with Crippen LogP contribution in [0.5, 0.6) is 0 Å². The zero-order valence-corrected chi connectivity index (χ0v) is 11.4. The van der Waals surface area contributed by atoms with Crippen LogP contribution in [-0.2, 0) is 11.2 Å². The highest BCUT2D eigenvalue weighted by Crippen LogP contribution is 2.15. The van der Waals surface area contributed by atoms with E-state index in [-0.39, 0.29) is 24.1 Å². The molecule has 3 rings (SSSR count). The molecule has 0 aliphatic carbocycles. The van der Waals surface area contributed by atoms with Crippen molar-refractivity contribution in [3.63, 3.8) is 0 Å². The van der Waals surface area contributed by atoms with Gasteiger partial charge in [-0.3, -0.25) is 10.1 Å². The number of benzene rings is 1. The molecule has 1 aromatic carbocycles. The van der Waals surface area contributed by atoms with E-state index in [0.717, 1.165) is 16.2 Å². The number of halogens is 1. The average Bonchev–Trinajstić information content (AvgIpc) is 2.95. The molecule has 2 aromatic heterocycles. The fraction of sp³-hybridized carbons (Fsp3) is 0.154. The van der Waals surface area contributed by atoms with Gasteiger partial charge in [0.1, 0.15) is 5.82 Å². The molecule has 0 atom stereocenters. The summed E-state index contributed by atoms with van der Waals surface area (Å²) in [4.78, 5) is 16.8. The highest BCUT2D eigenvalue weighted by molar-refractivity contribution is 7.15. The van der Waals surface area contributed by atoms with Crippen LogP contribution in [0.3, 0.4) is 0 Å². The maximum atomic E-state index is 12.8. The Labute approximate surface area is 118 Å². The molecule has 3 aromatic rings. The maximum Gasteiger partial charge on any atom is 0.250 e. The molecule has 0 aliphatic heterocycles. The van der Waals surface area contributed by atoms with E-state index in [1.807, 2.05) is 12.3 Å². The number of aromatic nitrogens is 3.